The zero-order valence-electron chi connectivity index (χ0n) is 13.0. The van der Waals surface area contributed by atoms with Crippen molar-refractivity contribution in [1.29, 1.82) is 0 Å². The van der Waals surface area contributed by atoms with Gasteiger partial charge in [-0.05, 0) is 32.9 Å². The van der Waals surface area contributed by atoms with E-state index in [9.17, 15) is 0 Å². The van der Waals surface area contributed by atoms with Crippen LogP contribution in [0.25, 0.3) is 5.82 Å². The lowest BCUT2D eigenvalue weighted by molar-refractivity contribution is 0.199. The van der Waals surface area contributed by atoms with Gasteiger partial charge in [0.25, 0.3) is 0 Å². The maximum atomic E-state index is 4.68. The normalized spacial score (nSPS) is 19.9. The first-order chi connectivity index (χ1) is 10.1. The van der Waals surface area contributed by atoms with Gasteiger partial charge in [0.1, 0.15) is 0 Å². The molecular formula is C16H23N5. The average molecular weight is 285 g/mol. The molecule has 0 unspecified atom stereocenters. The predicted octanol–water partition coefficient (Wildman–Crippen LogP) is 1.68. The van der Waals surface area contributed by atoms with E-state index in [2.05, 4.69) is 41.1 Å². The molecule has 0 saturated carbocycles. The number of nitrogens with one attached hydrogen (secondary N) is 1. The zero-order chi connectivity index (χ0) is 14.8. The van der Waals surface area contributed by atoms with Crippen LogP contribution in [0, 0.1) is 13.8 Å². The third-order valence-electron chi connectivity index (χ3n) is 4.14. The van der Waals surface area contributed by atoms with Crippen LogP contribution in [0.2, 0.25) is 0 Å². The Morgan fingerprint density at radius 1 is 1.33 bits per heavy atom. The van der Waals surface area contributed by atoms with Gasteiger partial charge < -0.3 is 5.32 Å². The fraction of sp³-hybridized carbons (Fsp3) is 0.500. The quantitative estimate of drug-likeness (QED) is 0.932. The van der Waals surface area contributed by atoms with Gasteiger partial charge in [0.15, 0.2) is 5.82 Å². The van der Waals surface area contributed by atoms with Crippen LogP contribution in [0.4, 0.5) is 0 Å². The van der Waals surface area contributed by atoms with Gasteiger partial charge in [-0.2, -0.15) is 5.10 Å². The second-order valence-electron chi connectivity index (χ2n) is 5.84. The third-order valence-corrected chi connectivity index (χ3v) is 4.14. The maximum Gasteiger partial charge on any atom is 0.153 e. The molecule has 21 heavy (non-hydrogen) atoms. The number of pyridine rings is 1. The first kappa shape index (κ1) is 14.2. The standard InChI is InChI=1S/C16H23N5/c1-12-10-20(9-8-17-12)11-15-13(2)19-21(14(15)3)16-6-4-5-7-18-16/h4-7,12,17H,8-11H2,1-3H3/t12-/m1/s1. The molecule has 0 radical (unpaired) electrons. The molecule has 0 bridgehead atoms. The van der Waals surface area contributed by atoms with E-state index in [1.165, 1.54) is 11.3 Å². The highest BCUT2D eigenvalue weighted by Gasteiger charge is 2.20. The number of piperazine rings is 1. The minimum absolute atomic E-state index is 0.560. The monoisotopic (exact) mass is 285 g/mol. The van der Waals surface area contributed by atoms with Gasteiger partial charge in [0, 0.05) is 49.7 Å². The van der Waals surface area contributed by atoms with Crippen LogP contribution in [-0.2, 0) is 6.54 Å². The molecule has 1 aliphatic rings. The minimum Gasteiger partial charge on any atom is -0.312 e. The Balaban J connectivity index is 1.85. The van der Waals surface area contributed by atoms with Crippen molar-refractivity contribution in [3.63, 3.8) is 0 Å². The Hall–Kier alpha value is -1.72. The van der Waals surface area contributed by atoms with Gasteiger partial charge in [-0.1, -0.05) is 6.07 Å². The fourth-order valence-electron chi connectivity index (χ4n) is 2.99. The highest BCUT2D eigenvalue weighted by atomic mass is 15.3. The summed E-state index contributed by atoms with van der Waals surface area (Å²) in [6.45, 7) is 10.7. The van der Waals surface area contributed by atoms with Crippen LogP contribution in [0.3, 0.4) is 0 Å². The maximum absolute atomic E-state index is 4.68. The second-order valence-corrected chi connectivity index (χ2v) is 5.84. The molecule has 1 fully saturated rings. The summed E-state index contributed by atoms with van der Waals surface area (Å²) in [5.74, 6) is 0.887. The van der Waals surface area contributed by atoms with Crippen molar-refractivity contribution in [3.05, 3.63) is 41.3 Å². The molecule has 0 amide bonds. The second kappa shape index (κ2) is 5.95. The molecule has 0 spiro atoms. The van der Waals surface area contributed by atoms with E-state index in [0.717, 1.165) is 37.7 Å². The number of aromatic nitrogens is 3. The molecule has 5 heteroatoms. The lowest BCUT2D eigenvalue weighted by Gasteiger charge is -2.31. The Morgan fingerprint density at radius 2 is 2.19 bits per heavy atom. The Kier molecular flexibility index (Phi) is 4.03. The third kappa shape index (κ3) is 2.99. The molecule has 112 valence electrons. The summed E-state index contributed by atoms with van der Waals surface area (Å²) < 4.78 is 1.95. The van der Waals surface area contributed by atoms with Crippen molar-refractivity contribution in [2.24, 2.45) is 0 Å². The summed E-state index contributed by atoms with van der Waals surface area (Å²) >= 11 is 0. The lowest BCUT2D eigenvalue weighted by atomic mass is 10.1. The first-order valence-electron chi connectivity index (χ1n) is 7.57. The summed E-state index contributed by atoms with van der Waals surface area (Å²) in [7, 11) is 0. The average Bonchev–Trinajstić information content (AvgIpc) is 2.76. The molecule has 1 N–H and O–H groups in total. The van der Waals surface area contributed by atoms with Crippen LogP contribution < -0.4 is 5.32 Å². The van der Waals surface area contributed by atoms with E-state index in [0.29, 0.717) is 6.04 Å². The predicted molar refractivity (Wildman–Crippen MR) is 83.6 cm³/mol. The summed E-state index contributed by atoms with van der Waals surface area (Å²) in [6.07, 6.45) is 1.81. The van der Waals surface area contributed by atoms with Crippen molar-refractivity contribution >= 4 is 0 Å². The van der Waals surface area contributed by atoms with Gasteiger partial charge in [-0.25, -0.2) is 9.67 Å². The lowest BCUT2D eigenvalue weighted by Crippen LogP contribution is -2.48. The van der Waals surface area contributed by atoms with Crippen molar-refractivity contribution in [1.82, 2.24) is 25.0 Å². The van der Waals surface area contributed by atoms with Gasteiger partial charge in [-0.3, -0.25) is 4.90 Å². The van der Waals surface area contributed by atoms with E-state index in [1.807, 2.05) is 29.1 Å². The van der Waals surface area contributed by atoms with Crippen molar-refractivity contribution in [3.8, 4) is 5.82 Å². The van der Waals surface area contributed by atoms with E-state index < -0.39 is 0 Å². The summed E-state index contributed by atoms with van der Waals surface area (Å²) in [5.41, 5.74) is 3.62. The molecule has 2 aromatic rings. The van der Waals surface area contributed by atoms with Gasteiger partial charge >= 0.3 is 0 Å². The highest BCUT2D eigenvalue weighted by Crippen LogP contribution is 2.19. The van der Waals surface area contributed by atoms with Crippen LogP contribution in [-0.4, -0.2) is 45.3 Å². The SMILES string of the molecule is Cc1nn(-c2ccccn2)c(C)c1CN1CCN[C@H](C)C1. The molecule has 1 saturated heterocycles. The van der Waals surface area contributed by atoms with E-state index in [-0.39, 0.29) is 0 Å². The van der Waals surface area contributed by atoms with Crippen LogP contribution in [0.1, 0.15) is 23.9 Å². The van der Waals surface area contributed by atoms with E-state index in [4.69, 9.17) is 0 Å². The number of hydrogen-bond donors (Lipinski definition) is 1. The van der Waals surface area contributed by atoms with Crippen LogP contribution >= 0.6 is 0 Å². The molecular weight excluding hydrogens is 262 g/mol. The number of hydrogen-bond acceptors (Lipinski definition) is 4. The van der Waals surface area contributed by atoms with Crippen LogP contribution in [0.15, 0.2) is 24.4 Å². The number of rotatable bonds is 3. The summed E-state index contributed by atoms with van der Waals surface area (Å²) in [5, 5.41) is 8.16. The van der Waals surface area contributed by atoms with Gasteiger partial charge in [0.05, 0.1) is 5.69 Å². The molecule has 1 atom stereocenters. The number of aryl methyl sites for hydroxylation is 1. The minimum atomic E-state index is 0.560. The van der Waals surface area contributed by atoms with E-state index in [1.54, 1.807) is 0 Å². The molecule has 2 aromatic heterocycles. The van der Waals surface area contributed by atoms with Crippen molar-refractivity contribution in [2.45, 2.75) is 33.4 Å². The summed E-state index contributed by atoms with van der Waals surface area (Å²) in [6, 6.07) is 6.48. The molecule has 3 heterocycles. The Labute approximate surface area is 126 Å². The molecule has 0 aromatic carbocycles. The van der Waals surface area contributed by atoms with Gasteiger partial charge in [0.2, 0.25) is 0 Å². The highest BCUT2D eigenvalue weighted by molar-refractivity contribution is 5.32. The fourth-order valence-corrected chi connectivity index (χ4v) is 2.99. The van der Waals surface area contributed by atoms with Gasteiger partial charge in [-0.15, -0.1) is 0 Å². The Bertz CT molecular complexity index is 605. The molecule has 0 aliphatic carbocycles. The van der Waals surface area contributed by atoms with Crippen LogP contribution in [0.5, 0.6) is 0 Å². The van der Waals surface area contributed by atoms with Crippen molar-refractivity contribution in [2.75, 3.05) is 19.6 Å². The number of nitrogens with zero attached hydrogens (tertiary/aromatic N) is 4. The largest absolute Gasteiger partial charge is 0.312 e. The zero-order valence-corrected chi connectivity index (χ0v) is 13.0. The Morgan fingerprint density at radius 3 is 2.90 bits per heavy atom. The topological polar surface area (TPSA) is 46.0 Å². The molecule has 1 aliphatic heterocycles. The van der Waals surface area contributed by atoms with E-state index >= 15 is 0 Å². The first-order valence-corrected chi connectivity index (χ1v) is 7.57. The molecule has 3 rings (SSSR count). The smallest absolute Gasteiger partial charge is 0.153 e. The van der Waals surface area contributed by atoms with Crippen molar-refractivity contribution < 1.29 is 0 Å². The molecule has 5 nitrogen and oxygen atoms in total. The summed E-state index contributed by atoms with van der Waals surface area (Å²) in [4.78, 5) is 6.90.